The summed E-state index contributed by atoms with van der Waals surface area (Å²) in [5.74, 6) is 0.828. The Kier molecular flexibility index (Phi) is 8.33. The predicted molar refractivity (Wildman–Crippen MR) is 126 cm³/mol. The van der Waals surface area contributed by atoms with Gasteiger partial charge in [0.05, 0.1) is 20.8 Å². The fourth-order valence-corrected chi connectivity index (χ4v) is 3.96. The third-order valence-electron chi connectivity index (χ3n) is 5.96. The maximum absolute atomic E-state index is 13.9. The number of hydrogen-bond acceptors (Lipinski definition) is 6. The van der Waals surface area contributed by atoms with E-state index in [4.69, 9.17) is 14.2 Å². The second-order valence-corrected chi connectivity index (χ2v) is 8.21. The molecule has 2 atom stereocenters. The summed E-state index contributed by atoms with van der Waals surface area (Å²) in [6.45, 7) is 5.94. The van der Waals surface area contributed by atoms with E-state index < -0.39 is 11.5 Å². The van der Waals surface area contributed by atoms with Gasteiger partial charge in [0.2, 0.25) is 5.54 Å². The summed E-state index contributed by atoms with van der Waals surface area (Å²) in [4.78, 5) is 30.6. The molecule has 0 aliphatic carbocycles. The Hall–Kier alpha value is -3.06. The third-order valence-corrected chi connectivity index (χ3v) is 5.96. The largest absolute Gasteiger partial charge is 0.497 e. The van der Waals surface area contributed by atoms with Gasteiger partial charge in [-0.1, -0.05) is 37.6 Å². The molecule has 0 bridgehead atoms. The predicted octanol–water partition coefficient (Wildman–Crippen LogP) is 3.65. The molecule has 1 aliphatic heterocycles. The van der Waals surface area contributed by atoms with Crippen LogP contribution in [0.3, 0.4) is 0 Å². The summed E-state index contributed by atoms with van der Waals surface area (Å²) in [5, 5.41) is 0. The molecule has 2 aromatic carbocycles. The molecule has 1 heterocycles. The quantitative estimate of drug-likeness (QED) is 0.277. The van der Waals surface area contributed by atoms with Gasteiger partial charge in [0.15, 0.2) is 0 Å². The van der Waals surface area contributed by atoms with E-state index in [-0.39, 0.29) is 12.5 Å². The zero-order valence-electron chi connectivity index (χ0n) is 20.0. The molecule has 1 saturated heterocycles. The van der Waals surface area contributed by atoms with Gasteiger partial charge in [-0.3, -0.25) is 9.69 Å². The average molecular weight is 455 g/mol. The molecule has 2 unspecified atom stereocenters. The summed E-state index contributed by atoms with van der Waals surface area (Å²) in [6.07, 6.45) is 1.91. The SMILES string of the molecule is CCCCN1CC1(C(=O)OCC)C(=O)N(Cc1ccc(OC)cc1)Cc1ccc(OC)cc1. The molecule has 1 fully saturated rings. The van der Waals surface area contributed by atoms with Crippen LogP contribution in [0.4, 0.5) is 0 Å². The molecule has 3 rings (SSSR count). The van der Waals surface area contributed by atoms with Crippen LogP contribution in [0, 0.1) is 0 Å². The molecule has 0 saturated carbocycles. The van der Waals surface area contributed by atoms with Crippen LogP contribution < -0.4 is 9.47 Å². The average Bonchev–Trinajstić information content (AvgIpc) is 3.58. The van der Waals surface area contributed by atoms with E-state index in [1.165, 1.54) is 0 Å². The van der Waals surface area contributed by atoms with E-state index in [9.17, 15) is 9.59 Å². The Morgan fingerprint density at radius 1 is 0.909 bits per heavy atom. The van der Waals surface area contributed by atoms with Crippen molar-refractivity contribution in [2.75, 3.05) is 33.9 Å². The van der Waals surface area contributed by atoms with Gasteiger partial charge >= 0.3 is 5.97 Å². The highest BCUT2D eigenvalue weighted by Gasteiger charge is 2.66. The van der Waals surface area contributed by atoms with Crippen LogP contribution in [0.5, 0.6) is 11.5 Å². The standard InChI is InChI=1S/C26H34N2O5/c1-5-7-16-28-19-26(28,25(30)33-6-2)24(29)27(17-20-8-12-22(31-3)13-9-20)18-21-10-14-23(32-4)15-11-21/h8-15H,5-7,16-19H2,1-4H3. The zero-order valence-corrected chi connectivity index (χ0v) is 20.0. The molecular formula is C26H34N2O5. The van der Waals surface area contributed by atoms with Crippen LogP contribution in [0.1, 0.15) is 37.8 Å². The van der Waals surface area contributed by atoms with Gasteiger partial charge in [-0.25, -0.2) is 4.79 Å². The molecule has 0 N–H and O–H groups in total. The van der Waals surface area contributed by atoms with Gasteiger partial charge in [-0.05, 0) is 55.3 Å². The van der Waals surface area contributed by atoms with Crippen molar-refractivity contribution in [1.29, 1.82) is 0 Å². The number of carbonyl (C=O) groups is 2. The van der Waals surface area contributed by atoms with Crippen molar-refractivity contribution < 1.29 is 23.8 Å². The molecule has 7 heteroatoms. The Bertz CT molecular complexity index is 879. The summed E-state index contributed by atoms with van der Waals surface area (Å²) in [5.41, 5.74) is 0.680. The minimum Gasteiger partial charge on any atom is -0.497 e. The first-order chi connectivity index (χ1) is 16.0. The minimum atomic E-state index is -1.23. The van der Waals surface area contributed by atoms with E-state index in [2.05, 4.69) is 6.92 Å². The number of amides is 1. The first-order valence-corrected chi connectivity index (χ1v) is 11.5. The lowest BCUT2D eigenvalue weighted by atomic mass is 10.1. The van der Waals surface area contributed by atoms with E-state index in [1.807, 2.05) is 53.4 Å². The molecule has 0 spiro atoms. The smallest absolute Gasteiger partial charge is 0.337 e. The Morgan fingerprint density at radius 3 is 1.85 bits per heavy atom. The summed E-state index contributed by atoms with van der Waals surface area (Å²) >= 11 is 0. The van der Waals surface area contributed by atoms with Crippen LogP contribution in [0.15, 0.2) is 48.5 Å². The van der Waals surface area contributed by atoms with Gasteiger partial charge in [0.1, 0.15) is 11.5 Å². The number of unbranched alkanes of at least 4 members (excludes halogenated alkanes) is 1. The highest BCUT2D eigenvalue weighted by molar-refractivity contribution is 6.11. The van der Waals surface area contributed by atoms with E-state index in [0.29, 0.717) is 26.2 Å². The summed E-state index contributed by atoms with van der Waals surface area (Å²) in [6, 6.07) is 15.2. The van der Waals surface area contributed by atoms with Crippen LogP contribution in [0.2, 0.25) is 0 Å². The van der Waals surface area contributed by atoms with Gasteiger partial charge in [-0.15, -0.1) is 0 Å². The summed E-state index contributed by atoms with van der Waals surface area (Å²) in [7, 11) is 3.24. The second-order valence-electron chi connectivity index (χ2n) is 8.21. The van der Waals surface area contributed by atoms with Crippen molar-refractivity contribution in [2.24, 2.45) is 0 Å². The number of ether oxygens (including phenoxy) is 3. The van der Waals surface area contributed by atoms with Crippen molar-refractivity contribution >= 4 is 11.9 Å². The van der Waals surface area contributed by atoms with Crippen LogP contribution in [-0.4, -0.2) is 61.1 Å². The first-order valence-electron chi connectivity index (χ1n) is 11.5. The van der Waals surface area contributed by atoms with Crippen LogP contribution in [-0.2, 0) is 27.4 Å². The van der Waals surface area contributed by atoms with Gasteiger partial charge in [0, 0.05) is 19.6 Å². The van der Waals surface area contributed by atoms with E-state index in [1.54, 1.807) is 26.0 Å². The van der Waals surface area contributed by atoms with Crippen molar-refractivity contribution in [3.63, 3.8) is 0 Å². The fourth-order valence-electron chi connectivity index (χ4n) is 3.96. The number of benzene rings is 2. The fraction of sp³-hybridized carbons (Fsp3) is 0.462. The molecule has 1 amide bonds. The monoisotopic (exact) mass is 454 g/mol. The third kappa shape index (κ3) is 5.66. The second kappa shape index (κ2) is 11.2. The van der Waals surface area contributed by atoms with E-state index in [0.717, 1.165) is 35.5 Å². The number of rotatable bonds is 12. The highest BCUT2D eigenvalue weighted by atomic mass is 16.5. The van der Waals surface area contributed by atoms with Crippen molar-refractivity contribution in [1.82, 2.24) is 9.80 Å². The van der Waals surface area contributed by atoms with Crippen molar-refractivity contribution in [2.45, 2.75) is 45.3 Å². The number of esters is 1. The maximum atomic E-state index is 13.9. The van der Waals surface area contributed by atoms with Crippen molar-refractivity contribution in [3.05, 3.63) is 59.7 Å². The Balaban J connectivity index is 1.89. The molecule has 1 aliphatic rings. The maximum Gasteiger partial charge on any atom is 0.337 e. The first kappa shape index (κ1) is 24.6. The highest BCUT2D eigenvalue weighted by Crippen LogP contribution is 2.37. The Labute approximate surface area is 196 Å². The van der Waals surface area contributed by atoms with Gasteiger partial charge in [-0.2, -0.15) is 0 Å². The minimum absolute atomic E-state index is 0.219. The molecule has 0 radical (unpaired) electrons. The summed E-state index contributed by atoms with van der Waals surface area (Å²) < 4.78 is 15.9. The van der Waals surface area contributed by atoms with E-state index >= 15 is 0 Å². The lowest BCUT2D eigenvalue weighted by molar-refractivity contribution is -0.155. The molecule has 33 heavy (non-hydrogen) atoms. The Morgan fingerprint density at radius 2 is 1.42 bits per heavy atom. The molecular weight excluding hydrogens is 420 g/mol. The number of hydrogen-bond donors (Lipinski definition) is 0. The zero-order chi connectivity index (χ0) is 23.8. The van der Waals surface area contributed by atoms with Gasteiger partial charge < -0.3 is 19.1 Å². The van der Waals surface area contributed by atoms with Gasteiger partial charge in [0.25, 0.3) is 5.91 Å². The van der Waals surface area contributed by atoms with Crippen LogP contribution in [0.25, 0.3) is 0 Å². The number of methoxy groups -OCH3 is 2. The van der Waals surface area contributed by atoms with Crippen molar-refractivity contribution in [3.8, 4) is 11.5 Å². The molecule has 178 valence electrons. The number of carbonyl (C=O) groups excluding carboxylic acids is 2. The normalized spacial score (nSPS) is 19.0. The number of nitrogens with zero attached hydrogens (tertiary/aromatic N) is 2. The molecule has 7 nitrogen and oxygen atoms in total. The molecule has 0 aromatic heterocycles. The molecule has 2 aromatic rings. The lowest BCUT2D eigenvalue weighted by Crippen LogP contribution is -2.49. The lowest BCUT2D eigenvalue weighted by Gasteiger charge is -2.27. The topological polar surface area (TPSA) is 68.1 Å². The van der Waals surface area contributed by atoms with Crippen LogP contribution >= 0.6 is 0 Å².